The number of piperazine rings is 1. The Balaban J connectivity index is 1.54. The fourth-order valence-electron chi connectivity index (χ4n) is 4.05. The average Bonchev–Trinajstić information content (AvgIpc) is 3.24. The van der Waals surface area contributed by atoms with Crippen molar-refractivity contribution in [2.45, 2.75) is 44.6 Å². The van der Waals surface area contributed by atoms with E-state index in [1.54, 1.807) is 30.3 Å². The van der Waals surface area contributed by atoms with Crippen molar-refractivity contribution < 1.29 is 4.79 Å². The molecule has 0 spiro atoms. The quantitative estimate of drug-likeness (QED) is 0.583. The lowest BCUT2D eigenvalue weighted by atomic mass is 9.94. The third-order valence-electron chi connectivity index (χ3n) is 5.80. The molecule has 3 rings (SSSR count). The molecule has 1 aliphatic carbocycles. The van der Waals surface area contributed by atoms with E-state index in [4.69, 9.17) is 0 Å². The first-order valence-electron chi connectivity index (χ1n) is 10.6. The van der Waals surface area contributed by atoms with E-state index in [9.17, 15) is 4.79 Å². The molecule has 1 saturated carbocycles. The zero-order valence-corrected chi connectivity index (χ0v) is 18.2. The maximum Gasteiger partial charge on any atom is 0.243 e. The molecule has 0 bridgehead atoms. The van der Waals surface area contributed by atoms with Gasteiger partial charge >= 0.3 is 0 Å². The number of nitrogens with zero attached hydrogens (tertiary/aromatic N) is 4. The number of hydrogen-bond acceptors (Lipinski definition) is 4. The maximum absolute atomic E-state index is 12.0. The molecule has 1 amide bonds. The Morgan fingerprint density at radius 1 is 1.21 bits per heavy atom. The number of nitrogens with one attached hydrogen (secondary N) is 1. The molecule has 1 N–H and O–H groups in total. The van der Waals surface area contributed by atoms with Crippen LogP contribution in [0.1, 0.15) is 37.0 Å². The van der Waals surface area contributed by atoms with Crippen LogP contribution in [0.25, 0.3) is 0 Å². The first-order valence-corrected chi connectivity index (χ1v) is 11.5. The zero-order chi connectivity index (χ0) is 19.8. The largest absolute Gasteiger partial charge is 0.356 e. The monoisotopic (exact) mass is 405 g/mol. The summed E-state index contributed by atoms with van der Waals surface area (Å²) in [5.41, 5.74) is 0. The number of carbonyl (C=O) groups excluding carboxylic acids is 1. The predicted octanol–water partition coefficient (Wildman–Crippen LogP) is 2.27. The second-order valence-corrected chi connectivity index (χ2v) is 9.03. The van der Waals surface area contributed by atoms with Gasteiger partial charge in [0.2, 0.25) is 5.91 Å². The number of amides is 1. The van der Waals surface area contributed by atoms with Gasteiger partial charge in [0.25, 0.3) is 0 Å². The van der Waals surface area contributed by atoms with E-state index in [0.29, 0.717) is 0 Å². The van der Waals surface area contributed by atoms with Crippen LogP contribution in [0.3, 0.4) is 0 Å². The molecule has 0 unspecified atom stereocenters. The number of aliphatic imine (C=N–C) groups is 1. The van der Waals surface area contributed by atoms with Gasteiger partial charge in [-0.15, -0.1) is 11.3 Å². The number of carbonyl (C=O) groups is 1. The summed E-state index contributed by atoms with van der Waals surface area (Å²) in [5, 5.41) is 5.63. The second kappa shape index (κ2) is 10.8. The lowest BCUT2D eigenvalue weighted by molar-refractivity contribution is -0.127. The van der Waals surface area contributed by atoms with E-state index < -0.39 is 0 Å². The molecule has 1 aromatic heterocycles. The Morgan fingerprint density at radius 3 is 2.61 bits per heavy atom. The Hall–Kier alpha value is -1.60. The molecular formula is C21H35N5OS. The van der Waals surface area contributed by atoms with Crippen LogP contribution >= 0.6 is 11.3 Å². The normalized spacial score (nSPS) is 19.6. The summed E-state index contributed by atoms with van der Waals surface area (Å²) in [6, 6.07) is 5.04. The number of thiophene rings is 1. The summed E-state index contributed by atoms with van der Waals surface area (Å²) in [7, 11) is 3.56. The Morgan fingerprint density at radius 2 is 1.96 bits per heavy atom. The summed E-state index contributed by atoms with van der Waals surface area (Å²) in [4.78, 5) is 24.6. The van der Waals surface area contributed by atoms with E-state index in [1.165, 1.54) is 37.0 Å². The van der Waals surface area contributed by atoms with Crippen LogP contribution in [-0.4, -0.2) is 86.0 Å². The van der Waals surface area contributed by atoms with E-state index in [-0.39, 0.29) is 12.5 Å². The lowest BCUT2D eigenvalue weighted by Crippen LogP contribution is -2.55. The number of rotatable bonds is 6. The summed E-state index contributed by atoms with van der Waals surface area (Å²) < 4.78 is 0. The summed E-state index contributed by atoms with van der Waals surface area (Å²) in [5.74, 6) is 0.924. The van der Waals surface area contributed by atoms with Crippen molar-refractivity contribution in [2.75, 3.05) is 53.4 Å². The number of guanidine groups is 1. The molecular weight excluding hydrogens is 370 g/mol. The Labute approximate surface area is 173 Å². The highest BCUT2D eigenvalue weighted by Gasteiger charge is 2.26. The van der Waals surface area contributed by atoms with Crippen molar-refractivity contribution in [1.29, 1.82) is 0 Å². The molecule has 2 aliphatic rings. The molecule has 2 fully saturated rings. The van der Waals surface area contributed by atoms with E-state index in [0.717, 1.165) is 51.1 Å². The van der Waals surface area contributed by atoms with Gasteiger partial charge in [0.05, 0.1) is 0 Å². The maximum atomic E-state index is 12.0. The zero-order valence-electron chi connectivity index (χ0n) is 17.4. The smallest absolute Gasteiger partial charge is 0.243 e. The highest BCUT2D eigenvalue weighted by molar-refractivity contribution is 7.09. The van der Waals surface area contributed by atoms with Crippen LogP contribution in [-0.2, 0) is 11.2 Å². The van der Waals surface area contributed by atoms with Gasteiger partial charge in [0.1, 0.15) is 6.54 Å². The molecule has 0 aromatic carbocycles. The first-order chi connectivity index (χ1) is 13.6. The fourth-order valence-corrected chi connectivity index (χ4v) is 4.76. The summed E-state index contributed by atoms with van der Waals surface area (Å²) in [6.07, 6.45) is 7.87. The van der Waals surface area contributed by atoms with Crippen molar-refractivity contribution in [1.82, 2.24) is 20.0 Å². The van der Waals surface area contributed by atoms with Gasteiger partial charge < -0.3 is 15.1 Å². The van der Waals surface area contributed by atoms with Gasteiger partial charge in [-0.1, -0.05) is 25.3 Å². The first kappa shape index (κ1) is 21.1. The van der Waals surface area contributed by atoms with Gasteiger partial charge in [0, 0.05) is 57.7 Å². The van der Waals surface area contributed by atoms with Crippen molar-refractivity contribution in [3.63, 3.8) is 0 Å². The average molecular weight is 406 g/mol. The van der Waals surface area contributed by atoms with E-state index in [1.807, 2.05) is 0 Å². The molecule has 6 nitrogen and oxygen atoms in total. The SMILES string of the molecule is CN(C)C(=O)CN=C(NCCc1cccs1)N1CCN(C2CCCCC2)CC1. The van der Waals surface area contributed by atoms with Gasteiger partial charge in [-0.3, -0.25) is 9.69 Å². The molecule has 156 valence electrons. The van der Waals surface area contributed by atoms with Crippen LogP contribution in [0.5, 0.6) is 0 Å². The topological polar surface area (TPSA) is 51.2 Å². The second-order valence-electron chi connectivity index (χ2n) is 8.00. The van der Waals surface area contributed by atoms with Crippen LogP contribution in [0.2, 0.25) is 0 Å². The van der Waals surface area contributed by atoms with Crippen LogP contribution in [0.15, 0.2) is 22.5 Å². The minimum atomic E-state index is 0.0402. The standard InChI is InChI=1S/C21H35N5OS/c1-24(2)20(27)17-23-21(22-11-10-19-9-6-16-28-19)26-14-12-25(13-15-26)18-7-4-3-5-8-18/h6,9,16,18H,3-5,7-8,10-15,17H2,1-2H3,(H,22,23). The van der Waals surface area contributed by atoms with Crippen molar-refractivity contribution in [3.05, 3.63) is 22.4 Å². The molecule has 28 heavy (non-hydrogen) atoms. The van der Waals surface area contributed by atoms with Gasteiger partial charge in [-0.25, -0.2) is 4.99 Å². The summed E-state index contributed by atoms with van der Waals surface area (Å²) in [6.45, 7) is 5.21. The minimum absolute atomic E-state index is 0.0402. The van der Waals surface area contributed by atoms with E-state index in [2.05, 4.69) is 37.6 Å². The van der Waals surface area contributed by atoms with Gasteiger partial charge in [0.15, 0.2) is 5.96 Å². The highest BCUT2D eigenvalue weighted by atomic mass is 32.1. The van der Waals surface area contributed by atoms with Crippen molar-refractivity contribution >= 4 is 23.2 Å². The van der Waals surface area contributed by atoms with E-state index >= 15 is 0 Å². The third kappa shape index (κ3) is 6.21. The molecule has 2 heterocycles. The Kier molecular flexibility index (Phi) is 8.15. The molecule has 0 atom stereocenters. The number of hydrogen-bond donors (Lipinski definition) is 1. The van der Waals surface area contributed by atoms with Crippen molar-refractivity contribution in [3.8, 4) is 0 Å². The van der Waals surface area contributed by atoms with Crippen LogP contribution in [0, 0.1) is 0 Å². The third-order valence-corrected chi connectivity index (χ3v) is 6.74. The molecule has 1 saturated heterocycles. The molecule has 7 heteroatoms. The lowest BCUT2D eigenvalue weighted by Gasteiger charge is -2.41. The molecule has 1 aromatic rings. The molecule has 0 radical (unpaired) electrons. The molecule has 1 aliphatic heterocycles. The van der Waals surface area contributed by atoms with Gasteiger partial charge in [-0.2, -0.15) is 0 Å². The predicted molar refractivity (Wildman–Crippen MR) is 117 cm³/mol. The van der Waals surface area contributed by atoms with Gasteiger partial charge in [-0.05, 0) is 30.7 Å². The fraction of sp³-hybridized carbons (Fsp3) is 0.714. The van der Waals surface area contributed by atoms with Crippen LogP contribution < -0.4 is 5.32 Å². The highest BCUT2D eigenvalue weighted by Crippen LogP contribution is 2.23. The number of likely N-dealkylation sites (N-methyl/N-ethyl adjacent to an activating group) is 1. The van der Waals surface area contributed by atoms with Crippen LogP contribution in [0.4, 0.5) is 0 Å². The summed E-state index contributed by atoms with van der Waals surface area (Å²) >= 11 is 1.79. The van der Waals surface area contributed by atoms with Crippen molar-refractivity contribution in [2.24, 2.45) is 4.99 Å². The Bertz CT molecular complexity index is 617. The minimum Gasteiger partial charge on any atom is -0.356 e.